The lowest BCUT2D eigenvalue weighted by atomic mass is 10.3. The van der Waals surface area contributed by atoms with Crippen LogP contribution in [0, 0.1) is 0 Å². The number of rotatable bonds is 7. The molecule has 0 aliphatic rings. The SMILES string of the molecule is C=CC(=O)OC(C)(COc1ccccc1)OC(=O)C(=C)C. The van der Waals surface area contributed by atoms with Crippen LogP contribution in [0.25, 0.3) is 0 Å². The Morgan fingerprint density at radius 1 is 1.24 bits per heavy atom. The van der Waals surface area contributed by atoms with Crippen LogP contribution in [0.3, 0.4) is 0 Å². The first-order valence-corrected chi connectivity index (χ1v) is 6.28. The molecule has 0 fully saturated rings. The molecule has 1 unspecified atom stereocenters. The second-order valence-electron chi connectivity index (χ2n) is 4.53. The predicted octanol–water partition coefficient (Wildman–Crippen LogP) is 2.63. The molecule has 0 bridgehead atoms. The van der Waals surface area contributed by atoms with Crippen LogP contribution in [0.2, 0.25) is 0 Å². The van der Waals surface area contributed by atoms with Crippen molar-refractivity contribution in [3.05, 3.63) is 55.1 Å². The van der Waals surface area contributed by atoms with Crippen molar-refractivity contribution in [3.63, 3.8) is 0 Å². The van der Waals surface area contributed by atoms with Gasteiger partial charge in [0, 0.05) is 18.6 Å². The van der Waals surface area contributed by atoms with Crippen LogP contribution in [0.5, 0.6) is 5.75 Å². The van der Waals surface area contributed by atoms with E-state index in [4.69, 9.17) is 14.2 Å². The Bertz CT molecular complexity index is 535. The summed E-state index contributed by atoms with van der Waals surface area (Å²) in [5.74, 6) is -2.41. The Morgan fingerprint density at radius 3 is 2.38 bits per heavy atom. The number of para-hydroxylation sites is 1. The highest BCUT2D eigenvalue weighted by molar-refractivity contribution is 5.87. The average molecular weight is 290 g/mol. The van der Waals surface area contributed by atoms with Crippen molar-refractivity contribution in [3.8, 4) is 5.75 Å². The predicted molar refractivity (Wildman–Crippen MR) is 77.5 cm³/mol. The van der Waals surface area contributed by atoms with Gasteiger partial charge in [-0.05, 0) is 19.1 Å². The summed E-state index contributed by atoms with van der Waals surface area (Å²) in [4.78, 5) is 23.0. The molecule has 0 aliphatic carbocycles. The molecule has 1 atom stereocenters. The van der Waals surface area contributed by atoms with Gasteiger partial charge in [-0.15, -0.1) is 0 Å². The number of carbonyl (C=O) groups is 2. The van der Waals surface area contributed by atoms with Crippen molar-refractivity contribution in [1.29, 1.82) is 0 Å². The van der Waals surface area contributed by atoms with Gasteiger partial charge in [0.05, 0.1) is 0 Å². The van der Waals surface area contributed by atoms with E-state index < -0.39 is 17.7 Å². The summed E-state index contributed by atoms with van der Waals surface area (Å²) in [5.41, 5.74) is 0.190. The summed E-state index contributed by atoms with van der Waals surface area (Å²) in [6, 6.07) is 8.89. The number of esters is 2. The lowest BCUT2D eigenvalue weighted by Gasteiger charge is -2.28. The van der Waals surface area contributed by atoms with Crippen molar-refractivity contribution in [1.82, 2.24) is 0 Å². The van der Waals surface area contributed by atoms with Gasteiger partial charge in [0.25, 0.3) is 5.79 Å². The fourth-order valence-corrected chi connectivity index (χ4v) is 1.35. The van der Waals surface area contributed by atoms with Gasteiger partial charge < -0.3 is 14.2 Å². The van der Waals surface area contributed by atoms with E-state index in [0.29, 0.717) is 5.75 Å². The second-order valence-corrected chi connectivity index (χ2v) is 4.53. The number of carbonyl (C=O) groups excluding carboxylic acids is 2. The minimum absolute atomic E-state index is 0.157. The van der Waals surface area contributed by atoms with Crippen molar-refractivity contribution in [2.24, 2.45) is 0 Å². The summed E-state index contributed by atoms with van der Waals surface area (Å²) in [5, 5.41) is 0. The lowest BCUT2D eigenvalue weighted by molar-refractivity contribution is -0.224. The Labute approximate surface area is 123 Å². The molecular weight excluding hydrogens is 272 g/mol. The molecule has 0 radical (unpaired) electrons. The Morgan fingerprint density at radius 2 is 1.86 bits per heavy atom. The molecule has 0 spiro atoms. The topological polar surface area (TPSA) is 61.8 Å². The van der Waals surface area contributed by atoms with Crippen LogP contribution in [-0.4, -0.2) is 24.3 Å². The first-order chi connectivity index (χ1) is 9.86. The van der Waals surface area contributed by atoms with Crippen LogP contribution in [0.15, 0.2) is 55.1 Å². The first-order valence-electron chi connectivity index (χ1n) is 6.28. The Balaban J connectivity index is 2.80. The molecule has 0 aliphatic heterocycles. The summed E-state index contributed by atoms with van der Waals surface area (Å²) >= 11 is 0. The minimum Gasteiger partial charge on any atom is -0.485 e. The maximum Gasteiger partial charge on any atom is 0.336 e. The molecule has 0 aromatic heterocycles. The molecule has 1 aromatic carbocycles. The highest BCUT2D eigenvalue weighted by Gasteiger charge is 2.34. The highest BCUT2D eigenvalue weighted by Crippen LogP contribution is 2.18. The molecule has 5 heteroatoms. The van der Waals surface area contributed by atoms with E-state index in [-0.39, 0.29) is 12.2 Å². The maximum absolute atomic E-state index is 11.6. The zero-order valence-electron chi connectivity index (χ0n) is 12.1. The number of hydrogen-bond donors (Lipinski definition) is 0. The molecule has 0 N–H and O–H groups in total. The minimum atomic E-state index is -1.57. The van der Waals surface area contributed by atoms with Crippen molar-refractivity contribution >= 4 is 11.9 Å². The third-order valence-electron chi connectivity index (χ3n) is 2.38. The number of hydrogen-bond acceptors (Lipinski definition) is 5. The van der Waals surface area contributed by atoms with Gasteiger partial charge in [-0.3, -0.25) is 0 Å². The van der Waals surface area contributed by atoms with Gasteiger partial charge in [0.1, 0.15) is 5.75 Å². The summed E-state index contributed by atoms with van der Waals surface area (Å²) in [6.07, 6.45) is 0.982. The number of ether oxygens (including phenoxy) is 3. The van der Waals surface area contributed by atoms with Gasteiger partial charge >= 0.3 is 11.9 Å². The molecular formula is C16H18O5. The maximum atomic E-state index is 11.6. The van der Waals surface area contributed by atoms with Crippen LogP contribution in [-0.2, 0) is 19.1 Å². The summed E-state index contributed by atoms with van der Waals surface area (Å²) in [6.45, 7) is 9.55. The first kappa shape index (κ1) is 16.5. The molecule has 0 saturated carbocycles. The molecule has 1 rings (SSSR count). The van der Waals surface area contributed by atoms with Gasteiger partial charge in [0.2, 0.25) is 0 Å². The van der Waals surface area contributed by atoms with E-state index >= 15 is 0 Å². The largest absolute Gasteiger partial charge is 0.485 e. The van der Waals surface area contributed by atoms with E-state index in [1.807, 2.05) is 6.07 Å². The molecule has 1 aromatic rings. The summed E-state index contributed by atoms with van der Waals surface area (Å²) in [7, 11) is 0. The Kier molecular flexibility index (Phi) is 5.72. The lowest BCUT2D eigenvalue weighted by Crippen LogP contribution is -2.42. The monoisotopic (exact) mass is 290 g/mol. The van der Waals surface area contributed by atoms with E-state index in [9.17, 15) is 9.59 Å². The van der Waals surface area contributed by atoms with Crippen molar-refractivity contribution in [2.45, 2.75) is 19.6 Å². The smallest absolute Gasteiger partial charge is 0.336 e. The zero-order chi connectivity index (χ0) is 15.9. The summed E-state index contributed by atoms with van der Waals surface area (Å²) < 4.78 is 15.7. The third kappa shape index (κ3) is 5.52. The second kappa shape index (κ2) is 7.28. The van der Waals surface area contributed by atoms with Gasteiger partial charge in [0.15, 0.2) is 6.61 Å². The van der Waals surface area contributed by atoms with E-state index in [1.54, 1.807) is 24.3 Å². The van der Waals surface area contributed by atoms with E-state index in [1.165, 1.54) is 13.8 Å². The molecule has 0 amide bonds. The van der Waals surface area contributed by atoms with Crippen LogP contribution < -0.4 is 4.74 Å². The Hall–Kier alpha value is -2.56. The molecule has 112 valence electrons. The fraction of sp³-hybridized carbons (Fsp3) is 0.250. The van der Waals surface area contributed by atoms with Crippen LogP contribution in [0.1, 0.15) is 13.8 Å². The molecule has 0 saturated heterocycles. The molecule has 21 heavy (non-hydrogen) atoms. The normalized spacial score (nSPS) is 12.7. The van der Waals surface area contributed by atoms with E-state index in [0.717, 1.165) is 6.08 Å². The third-order valence-corrected chi connectivity index (χ3v) is 2.38. The average Bonchev–Trinajstić information content (AvgIpc) is 2.46. The molecule has 0 heterocycles. The van der Waals surface area contributed by atoms with Crippen LogP contribution >= 0.6 is 0 Å². The van der Waals surface area contributed by atoms with Crippen molar-refractivity contribution < 1.29 is 23.8 Å². The van der Waals surface area contributed by atoms with Crippen molar-refractivity contribution in [2.75, 3.05) is 6.61 Å². The van der Waals surface area contributed by atoms with Crippen LogP contribution in [0.4, 0.5) is 0 Å². The van der Waals surface area contributed by atoms with E-state index in [2.05, 4.69) is 13.2 Å². The zero-order valence-corrected chi connectivity index (χ0v) is 12.1. The highest BCUT2D eigenvalue weighted by atomic mass is 16.7. The fourth-order valence-electron chi connectivity index (χ4n) is 1.35. The van der Waals surface area contributed by atoms with Gasteiger partial charge in [-0.2, -0.15) is 0 Å². The number of benzene rings is 1. The van der Waals surface area contributed by atoms with Gasteiger partial charge in [-0.1, -0.05) is 31.4 Å². The standard InChI is InChI=1S/C16H18O5/c1-5-14(17)20-16(4,21-15(18)12(2)3)11-19-13-9-7-6-8-10-13/h5-10H,1-2,11H2,3-4H3. The molecule has 5 nitrogen and oxygen atoms in total. The van der Waals surface area contributed by atoms with Gasteiger partial charge in [-0.25, -0.2) is 9.59 Å². The quantitative estimate of drug-likeness (QED) is 0.439.